The normalized spacial score (nSPS) is 12.3. The smallest absolute Gasteiger partial charge is 0.322 e. The molecule has 162 valence electrons. The third-order valence-corrected chi connectivity index (χ3v) is 5.34. The van der Waals surface area contributed by atoms with E-state index in [0.717, 1.165) is 10.8 Å². The molecule has 1 unspecified atom stereocenters. The van der Waals surface area contributed by atoms with Gasteiger partial charge in [-0.1, -0.05) is 35.5 Å². The Morgan fingerprint density at radius 2 is 1.77 bits per heavy atom. The van der Waals surface area contributed by atoms with Gasteiger partial charge in [-0.05, 0) is 22.9 Å². The van der Waals surface area contributed by atoms with Crippen LogP contribution in [0.3, 0.4) is 0 Å². The van der Waals surface area contributed by atoms with Crippen molar-refractivity contribution in [2.75, 3.05) is 13.1 Å². The summed E-state index contributed by atoms with van der Waals surface area (Å²) in [4.78, 5) is 34.6. The minimum atomic E-state index is -4.91. The van der Waals surface area contributed by atoms with Gasteiger partial charge in [0.1, 0.15) is 6.54 Å². The minimum Gasteiger partial charge on any atom is -0.480 e. The summed E-state index contributed by atoms with van der Waals surface area (Å²) in [6.07, 6.45) is 1.31. The van der Waals surface area contributed by atoms with Gasteiger partial charge in [0.2, 0.25) is 5.91 Å². The number of carbonyl (C=O) groups is 3. The Balaban J connectivity index is 1.70. The maximum absolute atomic E-state index is 12.3. The third kappa shape index (κ3) is 5.40. The highest BCUT2D eigenvalue weighted by molar-refractivity contribution is 7.87. The number of rotatable bonds is 8. The van der Waals surface area contributed by atoms with E-state index in [0.29, 0.717) is 5.69 Å². The molecule has 2 aromatic carbocycles. The van der Waals surface area contributed by atoms with E-state index < -0.39 is 46.2 Å². The molecule has 0 bridgehead atoms. The van der Waals surface area contributed by atoms with Gasteiger partial charge in [0.25, 0.3) is 16.0 Å². The van der Waals surface area contributed by atoms with E-state index in [1.807, 2.05) is 41.7 Å². The topological polar surface area (TPSA) is 181 Å². The summed E-state index contributed by atoms with van der Waals surface area (Å²) in [6, 6.07) is 13.1. The number of fused-ring (bicyclic) bond motifs is 1. The van der Waals surface area contributed by atoms with Crippen LogP contribution in [-0.2, 0) is 19.7 Å². The third-order valence-electron chi connectivity index (χ3n) is 4.24. The van der Waals surface area contributed by atoms with Crippen LogP contribution in [0.2, 0.25) is 0 Å². The maximum atomic E-state index is 12.3. The molecule has 3 rings (SSSR count). The summed E-state index contributed by atoms with van der Waals surface area (Å²) >= 11 is 0. The molecule has 0 saturated heterocycles. The summed E-state index contributed by atoms with van der Waals surface area (Å²) in [7, 11) is -4.91. The predicted octanol–water partition coefficient (Wildman–Crippen LogP) is -0.392. The standard InChI is InChI=1S/C18H17N5O7S/c24-16(25)9-20-18(27)15(31(28,29)30)8-19-17(26)14-10-23(22-21-14)13-6-5-11-3-1-2-4-12(11)7-13/h1-7,10,15H,8-9H2,(H,19,26)(H,20,27)(H,24,25)(H,28,29,30). The second kappa shape index (κ2) is 8.89. The Hall–Kier alpha value is -3.84. The molecule has 0 aliphatic heterocycles. The molecule has 0 fully saturated rings. The van der Waals surface area contributed by atoms with Crippen LogP contribution in [-0.4, -0.2) is 69.2 Å². The number of nitrogens with one attached hydrogen (secondary N) is 2. The van der Waals surface area contributed by atoms with Crippen LogP contribution in [0.5, 0.6) is 0 Å². The van der Waals surface area contributed by atoms with Crippen molar-refractivity contribution < 1.29 is 32.5 Å². The first-order chi connectivity index (χ1) is 14.6. The fraction of sp³-hybridized carbons (Fsp3) is 0.167. The van der Waals surface area contributed by atoms with Gasteiger partial charge in [0, 0.05) is 6.54 Å². The molecule has 13 heteroatoms. The number of carboxylic acid groups (broad SMARTS) is 1. The van der Waals surface area contributed by atoms with Crippen LogP contribution in [0.15, 0.2) is 48.7 Å². The summed E-state index contributed by atoms with van der Waals surface area (Å²) in [5.74, 6) is -3.52. The second-order valence-electron chi connectivity index (χ2n) is 6.40. The van der Waals surface area contributed by atoms with E-state index >= 15 is 0 Å². The quantitative estimate of drug-likeness (QED) is 0.334. The molecular formula is C18H17N5O7S. The summed E-state index contributed by atoms with van der Waals surface area (Å²) in [5.41, 5.74) is 0.474. The zero-order valence-electron chi connectivity index (χ0n) is 15.8. The van der Waals surface area contributed by atoms with Crippen molar-refractivity contribution in [1.29, 1.82) is 0 Å². The summed E-state index contributed by atoms with van der Waals surface area (Å²) < 4.78 is 33.4. The van der Waals surface area contributed by atoms with Gasteiger partial charge < -0.3 is 15.7 Å². The van der Waals surface area contributed by atoms with Gasteiger partial charge in [-0.25, -0.2) is 4.68 Å². The molecule has 1 aromatic heterocycles. The molecule has 31 heavy (non-hydrogen) atoms. The van der Waals surface area contributed by atoms with Crippen LogP contribution in [0.4, 0.5) is 0 Å². The summed E-state index contributed by atoms with van der Waals surface area (Å²) in [5, 5.41) is 20.0. The number of aliphatic carboxylic acids is 1. The van der Waals surface area contributed by atoms with Crippen LogP contribution >= 0.6 is 0 Å². The molecule has 1 heterocycles. The number of hydrogen-bond acceptors (Lipinski definition) is 7. The molecule has 0 saturated carbocycles. The average molecular weight is 447 g/mol. The molecule has 2 amide bonds. The Kier molecular flexibility index (Phi) is 6.27. The maximum Gasteiger partial charge on any atom is 0.322 e. The minimum absolute atomic E-state index is 0.159. The number of hydrogen-bond donors (Lipinski definition) is 4. The fourth-order valence-electron chi connectivity index (χ4n) is 2.70. The molecule has 1 atom stereocenters. The van der Waals surface area contributed by atoms with Crippen molar-refractivity contribution >= 4 is 38.7 Å². The van der Waals surface area contributed by atoms with Crippen molar-refractivity contribution in [2.24, 2.45) is 0 Å². The van der Waals surface area contributed by atoms with Crippen LogP contribution in [0.25, 0.3) is 16.5 Å². The van der Waals surface area contributed by atoms with E-state index in [9.17, 15) is 27.4 Å². The van der Waals surface area contributed by atoms with Gasteiger partial charge in [-0.2, -0.15) is 8.42 Å². The number of nitrogens with zero attached hydrogens (tertiary/aromatic N) is 3. The SMILES string of the molecule is O=C(O)CNC(=O)C(CNC(=O)c1cn(-c2ccc3ccccc3c2)nn1)S(=O)(=O)O. The number of carboxylic acids is 1. The zero-order valence-corrected chi connectivity index (χ0v) is 16.6. The van der Waals surface area contributed by atoms with Crippen molar-refractivity contribution in [3.05, 3.63) is 54.4 Å². The Morgan fingerprint density at radius 1 is 1.06 bits per heavy atom. The van der Waals surface area contributed by atoms with E-state index in [-0.39, 0.29) is 5.69 Å². The Bertz CT molecular complexity index is 1250. The highest BCUT2D eigenvalue weighted by Crippen LogP contribution is 2.17. The van der Waals surface area contributed by atoms with E-state index in [4.69, 9.17) is 5.11 Å². The molecule has 3 aromatic rings. The van der Waals surface area contributed by atoms with Crippen molar-refractivity contribution in [1.82, 2.24) is 25.6 Å². The highest BCUT2D eigenvalue weighted by Gasteiger charge is 2.32. The predicted molar refractivity (Wildman–Crippen MR) is 107 cm³/mol. The lowest BCUT2D eigenvalue weighted by Crippen LogP contribution is -2.48. The van der Waals surface area contributed by atoms with Crippen molar-refractivity contribution in [3.8, 4) is 5.69 Å². The molecule has 12 nitrogen and oxygen atoms in total. The lowest BCUT2D eigenvalue weighted by Gasteiger charge is -2.13. The van der Waals surface area contributed by atoms with Gasteiger partial charge in [-0.3, -0.25) is 18.9 Å². The highest BCUT2D eigenvalue weighted by atomic mass is 32.2. The number of carbonyl (C=O) groups excluding carboxylic acids is 2. The molecule has 0 aliphatic carbocycles. The van der Waals surface area contributed by atoms with Gasteiger partial charge in [-0.15, -0.1) is 5.10 Å². The van der Waals surface area contributed by atoms with Gasteiger partial charge >= 0.3 is 5.97 Å². The number of benzene rings is 2. The van der Waals surface area contributed by atoms with E-state index in [1.165, 1.54) is 10.9 Å². The van der Waals surface area contributed by atoms with E-state index in [2.05, 4.69) is 15.6 Å². The largest absolute Gasteiger partial charge is 0.480 e. The second-order valence-corrected chi connectivity index (χ2v) is 8.00. The van der Waals surface area contributed by atoms with Crippen molar-refractivity contribution in [2.45, 2.75) is 5.25 Å². The first kappa shape index (κ1) is 21.9. The van der Waals surface area contributed by atoms with Gasteiger partial charge in [0.05, 0.1) is 11.9 Å². The van der Waals surface area contributed by atoms with Crippen LogP contribution < -0.4 is 10.6 Å². The van der Waals surface area contributed by atoms with Gasteiger partial charge in [0.15, 0.2) is 10.9 Å². The molecular weight excluding hydrogens is 430 g/mol. The first-order valence-electron chi connectivity index (χ1n) is 8.80. The number of aromatic nitrogens is 3. The van der Waals surface area contributed by atoms with Crippen molar-refractivity contribution in [3.63, 3.8) is 0 Å². The lowest BCUT2D eigenvalue weighted by atomic mass is 10.1. The number of amides is 2. The fourth-order valence-corrected chi connectivity index (χ4v) is 3.35. The Labute approximate surface area is 175 Å². The molecule has 0 radical (unpaired) electrons. The Morgan fingerprint density at radius 3 is 2.45 bits per heavy atom. The molecule has 0 spiro atoms. The molecule has 4 N–H and O–H groups in total. The average Bonchev–Trinajstić information content (AvgIpc) is 3.21. The molecule has 0 aliphatic rings. The van der Waals surface area contributed by atoms with E-state index in [1.54, 1.807) is 6.07 Å². The van der Waals surface area contributed by atoms with Crippen LogP contribution in [0, 0.1) is 0 Å². The first-order valence-corrected chi connectivity index (χ1v) is 10.3. The summed E-state index contributed by atoms with van der Waals surface area (Å²) in [6.45, 7) is -1.65. The zero-order chi connectivity index (χ0) is 22.6. The lowest BCUT2D eigenvalue weighted by molar-refractivity contribution is -0.137. The monoisotopic (exact) mass is 447 g/mol. The van der Waals surface area contributed by atoms with Crippen LogP contribution in [0.1, 0.15) is 10.5 Å².